The van der Waals surface area contributed by atoms with Crippen LogP contribution in [0.3, 0.4) is 0 Å². The number of hydrogen-bond donors (Lipinski definition) is 3. The van der Waals surface area contributed by atoms with Gasteiger partial charge in [-0.2, -0.15) is 0 Å². The van der Waals surface area contributed by atoms with Crippen LogP contribution in [-0.2, 0) is 4.74 Å². The third-order valence-electron chi connectivity index (χ3n) is 2.52. The molecule has 6 heteroatoms. The van der Waals surface area contributed by atoms with Crippen LogP contribution in [-0.4, -0.2) is 48.2 Å². The van der Waals surface area contributed by atoms with Gasteiger partial charge in [0.2, 0.25) is 0 Å². The fourth-order valence-electron chi connectivity index (χ4n) is 1.51. The Kier molecular flexibility index (Phi) is 5.08. The van der Waals surface area contributed by atoms with Gasteiger partial charge < -0.3 is 24.8 Å². The molecule has 0 aliphatic heterocycles. The Balaban J connectivity index is 3.11. The number of ether oxygens (including phenoxy) is 2. The van der Waals surface area contributed by atoms with E-state index in [0.717, 1.165) is 0 Å². The molecule has 0 radical (unpaired) electrons. The van der Waals surface area contributed by atoms with Crippen molar-refractivity contribution in [3.05, 3.63) is 29.3 Å². The highest BCUT2D eigenvalue weighted by Crippen LogP contribution is 2.28. The first kappa shape index (κ1) is 14.4. The predicted octanol–water partition coefficient (Wildman–Crippen LogP) is -0.132. The van der Waals surface area contributed by atoms with Crippen molar-refractivity contribution in [2.45, 2.75) is 12.2 Å². The summed E-state index contributed by atoms with van der Waals surface area (Å²) in [6, 6.07) is 4.28. The molecular weight excluding hydrogens is 240 g/mol. The number of carbonyl (C=O) groups excluding carboxylic acids is 1. The predicted molar refractivity (Wildman–Crippen MR) is 62.4 cm³/mol. The van der Waals surface area contributed by atoms with Crippen molar-refractivity contribution in [2.75, 3.05) is 20.8 Å². The molecule has 2 unspecified atom stereocenters. The zero-order chi connectivity index (χ0) is 13.7. The molecule has 18 heavy (non-hydrogen) atoms. The summed E-state index contributed by atoms with van der Waals surface area (Å²) >= 11 is 0. The summed E-state index contributed by atoms with van der Waals surface area (Å²) in [6.07, 6.45) is -2.61. The molecule has 0 saturated heterocycles. The average molecular weight is 256 g/mol. The van der Waals surface area contributed by atoms with Crippen molar-refractivity contribution in [3.8, 4) is 5.75 Å². The van der Waals surface area contributed by atoms with Gasteiger partial charge in [-0.05, 0) is 12.1 Å². The minimum atomic E-state index is -1.32. The van der Waals surface area contributed by atoms with E-state index >= 15 is 0 Å². The van der Waals surface area contributed by atoms with Crippen molar-refractivity contribution in [3.63, 3.8) is 0 Å². The molecule has 0 aromatic heterocycles. The Morgan fingerprint density at radius 3 is 2.50 bits per heavy atom. The first-order valence-electron chi connectivity index (χ1n) is 5.28. The molecule has 1 aromatic rings. The van der Waals surface area contributed by atoms with Crippen molar-refractivity contribution in [1.29, 1.82) is 0 Å². The maximum absolute atomic E-state index is 11.3. The van der Waals surface area contributed by atoms with Crippen LogP contribution in [0.4, 0.5) is 0 Å². The van der Waals surface area contributed by atoms with Crippen molar-refractivity contribution in [1.82, 2.24) is 0 Å². The lowest BCUT2D eigenvalue weighted by molar-refractivity contribution is -0.0162. The smallest absolute Gasteiger partial charge is 0.337 e. The van der Waals surface area contributed by atoms with E-state index in [0.29, 0.717) is 0 Å². The maximum atomic E-state index is 11.3. The van der Waals surface area contributed by atoms with E-state index in [-0.39, 0.29) is 16.9 Å². The summed E-state index contributed by atoms with van der Waals surface area (Å²) in [6.45, 7) is -0.580. The zero-order valence-electron chi connectivity index (χ0n) is 10.2. The van der Waals surface area contributed by atoms with Crippen molar-refractivity contribution < 1.29 is 29.6 Å². The monoisotopic (exact) mass is 256 g/mol. The van der Waals surface area contributed by atoms with Gasteiger partial charge in [-0.1, -0.05) is 6.07 Å². The van der Waals surface area contributed by atoms with E-state index in [4.69, 9.17) is 9.84 Å². The van der Waals surface area contributed by atoms with Crippen LogP contribution in [0.15, 0.2) is 18.2 Å². The Morgan fingerprint density at radius 2 is 2.00 bits per heavy atom. The molecule has 0 aliphatic rings. The number of hydrogen-bond acceptors (Lipinski definition) is 6. The molecule has 0 saturated carbocycles. The number of esters is 1. The second-order valence-corrected chi connectivity index (χ2v) is 3.64. The van der Waals surface area contributed by atoms with E-state index in [2.05, 4.69) is 4.74 Å². The number of aliphatic hydroxyl groups is 3. The fourth-order valence-corrected chi connectivity index (χ4v) is 1.51. The summed E-state index contributed by atoms with van der Waals surface area (Å²) in [5, 5.41) is 27.9. The molecule has 1 aromatic carbocycles. The van der Waals surface area contributed by atoms with Gasteiger partial charge in [0.05, 0.1) is 26.4 Å². The molecule has 0 bridgehead atoms. The molecule has 1 rings (SSSR count). The Labute approximate surface area is 104 Å². The van der Waals surface area contributed by atoms with E-state index in [9.17, 15) is 15.0 Å². The minimum Gasteiger partial charge on any atom is -0.496 e. The topological polar surface area (TPSA) is 96.2 Å². The first-order chi connectivity index (χ1) is 8.54. The summed E-state index contributed by atoms with van der Waals surface area (Å²) in [5.41, 5.74) is 0.551. The van der Waals surface area contributed by atoms with Gasteiger partial charge in [0.25, 0.3) is 0 Å². The third kappa shape index (κ3) is 2.98. The molecule has 6 nitrogen and oxygen atoms in total. The lowest BCUT2D eigenvalue weighted by atomic mass is 10.0. The van der Waals surface area contributed by atoms with Crippen LogP contribution in [0.1, 0.15) is 22.0 Å². The lowest BCUT2D eigenvalue weighted by Gasteiger charge is -2.18. The summed E-state index contributed by atoms with van der Waals surface area (Å²) in [7, 11) is 2.63. The number of methoxy groups -OCH3 is 2. The number of aliphatic hydroxyl groups excluding tert-OH is 3. The molecule has 0 heterocycles. The highest BCUT2D eigenvalue weighted by atomic mass is 16.5. The summed E-state index contributed by atoms with van der Waals surface area (Å²) < 4.78 is 9.59. The minimum absolute atomic E-state index is 0.234. The van der Waals surface area contributed by atoms with Crippen LogP contribution in [0.5, 0.6) is 5.75 Å². The maximum Gasteiger partial charge on any atom is 0.337 e. The SMILES string of the molecule is COC(=O)c1ccc(C(O)C(O)CO)c(OC)c1. The highest BCUT2D eigenvalue weighted by molar-refractivity contribution is 5.89. The largest absolute Gasteiger partial charge is 0.496 e. The molecule has 3 N–H and O–H groups in total. The van der Waals surface area contributed by atoms with Crippen LogP contribution < -0.4 is 4.74 Å². The second-order valence-electron chi connectivity index (χ2n) is 3.64. The average Bonchev–Trinajstić information content (AvgIpc) is 2.43. The van der Waals surface area contributed by atoms with Crippen LogP contribution >= 0.6 is 0 Å². The summed E-state index contributed by atoms with van der Waals surface area (Å²) in [4.78, 5) is 11.3. The number of rotatable bonds is 5. The molecule has 2 atom stereocenters. The zero-order valence-corrected chi connectivity index (χ0v) is 10.2. The van der Waals surface area contributed by atoms with Crippen LogP contribution in [0.2, 0.25) is 0 Å². The second kappa shape index (κ2) is 6.34. The number of carbonyl (C=O) groups is 1. The molecule has 0 fully saturated rings. The Morgan fingerprint density at radius 1 is 1.33 bits per heavy atom. The molecule has 0 spiro atoms. The van der Waals surface area contributed by atoms with Crippen LogP contribution in [0.25, 0.3) is 0 Å². The highest BCUT2D eigenvalue weighted by Gasteiger charge is 2.22. The molecule has 0 amide bonds. The Bertz CT molecular complexity index is 417. The number of benzene rings is 1. The van der Waals surface area contributed by atoms with Gasteiger partial charge in [-0.3, -0.25) is 0 Å². The fraction of sp³-hybridized carbons (Fsp3) is 0.417. The summed E-state index contributed by atoms with van der Waals surface area (Å²) in [5.74, 6) is -0.296. The normalized spacial score (nSPS) is 13.8. The van der Waals surface area contributed by atoms with Gasteiger partial charge in [-0.15, -0.1) is 0 Å². The molecular formula is C12H16O6. The molecule has 100 valence electrons. The van der Waals surface area contributed by atoms with Gasteiger partial charge in [0.15, 0.2) is 0 Å². The third-order valence-corrected chi connectivity index (χ3v) is 2.52. The molecule has 0 aliphatic carbocycles. The van der Waals surface area contributed by atoms with Crippen LogP contribution in [0, 0.1) is 0 Å². The van der Waals surface area contributed by atoms with E-state index in [1.165, 1.54) is 32.4 Å². The van der Waals surface area contributed by atoms with Gasteiger partial charge in [0.1, 0.15) is 18.0 Å². The van der Waals surface area contributed by atoms with Crippen molar-refractivity contribution in [2.24, 2.45) is 0 Å². The quantitative estimate of drug-likeness (QED) is 0.635. The van der Waals surface area contributed by atoms with Gasteiger partial charge in [-0.25, -0.2) is 4.79 Å². The standard InChI is InChI=1S/C12H16O6/c1-17-10-5-7(12(16)18-2)3-4-8(10)11(15)9(14)6-13/h3-5,9,11,13-15H,6H2,1-2H3. The van der Waals surface area contributed by atoms with E-state index in [1.54, 1.807) is 0 Å². The van der Waals surface area contributed by atoms with Crippen molar-refractivity contribution >= 4 is 5.97 Å². The van der Waals surface area contributed by atoms with Gasteiger partial charge in [0, 0.05) is 5.56 Å². The van der Waals surface area contributed by atoms with E-state index < -0.39 is 24.8 Å². The Hall–Kier alpha value is -1.63. The lowest BCUT2D eigenvalue weighted by Crippen LogP contribution is -2.22. The van der Waals surface area contributed by atoms with E-state index in [1.807, 2.05) is 0 Å². The van der Waals surface area contributed by atoms with Gasteiger partial charge >= 0.3 is 5.97 Å². The first-order valence-corrected chi connectivity index (χ1v) is 5.28.